The number of likely N-dealkylation sites (tertiary alicyclic amines) is 1. The van der Waals surface area contributed by atoms with E-state index in [1.807, 2.05) is 65.6 Å². The number of rotatable bonds is 7. The highest BCUT2D eigenvalue weighted by molar-refractivity contribution is 5.92. The van der Waals surface area contributed by atoms with Crippen molar-refractivity contribution in [2.75, 3.05) is 20.2 Å². The van der Waals surface area contributed by atoms with Crippen molar-refractivity contribution in [1.82, 2.24) is 9.80 Å². The third kappa shape index (κ3) is 5.54. The lowest BCUT2D eigenvalue weighted by molar-refractivity contribution is -0.140. The summed E-state index contributed by atoms with van der Waals surface area (Å²) >= 11 is 0. The zero-order valence-electron chi connectivity index (χ0n) is 18.1. The molecule has 2 aromatic carbocycles. The zero-order valence-corrected chi connectivity index (χ0v) is 18.1. The lowest BCUT2D eigenvalue weighted by Crippen LogP contribution is -2.44. The van der Waals surface area contributed by atoms with Gasteiger partial charge in [-0.25, -0.2) is 0 Å². The molecule has 2 fully saturated rings. The Labute approximate surface area is 184 Å². The minimum Gasteiger partial charge on any atom is -0.497 e. The smallest absolute Gasteiger partial charge is 0.246 e. The van der Waals surface area contributed by atoms with Crippen molar-refractivity contribution in [2.45, 2.75) is 38.3 Å². The quantitative estimate of drug-likeness (QED) is 0.635. The van der Waals surface area contributed by atoms with Gasteiger partial charge in [-0.3, -0.25) is 9.59 Å². The van der Waals surface area contributed by atoms with E-state index in [0.717, 1.165) is 42.6 Å². The number of amides is 2. The number of carbonyl (C=O) groups excluding carboxylic acids is 2. The molecule has 0 radical (unpaired) electrons. The summed E-state index contributed by atoms with van der Waals surface area (Å²) in [4.78, 5) is 29.7. The van der Waals surface area contributed by atoms with Gasteiger partial charge in [0, 0.05) is 37.7 Å². The number of benzene rings is 2. The summed E-state index contributed by atoms with van der Waals surface area (Å²) in [7, 11) is 1.66. The SMILES string of the molecule is COc1ccc(CN(C(=O)C2CCN(C(=O)/C=C/c3ccccc3)CC2)C2CC2)cc1. The third-order valence-corrected chi connectivity index (χ3v) is 6.16. The topological polar surface area (TPSA) is 49.9 Å². The molecule has 162 valence electrons. The largest absolute Gasteiger partial charge is 0.497 e. The average molecular weight is 419 g/mol. The summed E-state index contributed by atoms with van der Waals surface area (Å²) in [5, 5.41) is 0. The van der Waals surface area contributed by atoms with Gasteiger partial charge in [0.1, 0.15) is 5.75 Å². The summed E-state index contributed by atoms with van der Waals surface area (Å²) in [6.45, 7) is 1.91. The van der Waals surface area contributed by atoms with Crippen LogP contribution in [0, 0.1) is 5.92 Å². The Balaban J connectivity index is 1.32. The number of piperidine rings is 1. The third-order valence-electron chi connectivity index (χ3n) is 6.16. The summed E-state index contributed by atoms with van der Waals surface area (Å²) < 4.78 is 5.23. The fraction of sp³-hybridized carbons (Fsp3) is 0.385. The van der Waals surface area contributed by atoms with E-state index in [1.54, 1.807) is 13.2 Å². The van der Waals surface area contributed by atoms with Crippen LogP contribution in [0.5, 0.6) is 5.75 Å². The van der Waals surface area contributed by atoms with Crippen LogP contribution in [0.25, 0.3) is 6.08 Å². The molecule has 2 aromatic rings. The van der Waals surface area contributed by atoms with Gasteiger partial charge in [-0.2, -0.15) is 0 Å². The highest BCUT2D eigenvalue weighted by atomic mass is 16.5. The Bertz CT molecular complexity index is 911. The number of nitrogens with zero attached hydrogens (tertiary/aromatic N) is 2. The second-order valence-electron chi connectivity index (χ2n) is 8.39. The van der Waals surface area contributed by atoms with Crippen molar-refractivity contribution in [2.24, 2.45) is 5.92 Å². The van der Waals surface area contributed by atoms with Gasteiger partial charge < -0.3 is 14.5 Å². The van der Waals surface area contributed by atoms with E-state index in [4.69, 9.17) is 4.74 Å². The van der Waals surface area contributed by atoms with Crippen molar-refractivity contribution < 1.29 is 14.3 Å². The first kappa shape index (κ1) is 21.2. The monoisotopic (exact) mass is 418 g/mol. The molecule has 1 saturated heterocycles. The van der Waals surface area contributed by atoms with Crippen molar-refractivity contribution in [3.05, 3.63) is 71.8 Å². The van der Waals surface area contributed by atoms with Crippen LogP contribution in [0.15, 0.2) is 60.7 Å². The van der Waals surface area contributed by atoms with Gasteiger partial charge in [-0.1, -0.05) is 42.5 Å². The van der Waals surface area contributed by atoms with Crippen LogP contribution in [-0.4, -0.2) is 47.9 Å². The summed E-state index contributed by atoms with van der Waals surface area (Å²) in [6, 6.07) is 18.1. The number of methoxy groups -OCH3 is 1. The highest BCUT2D eigenvalue weighted by Crippen LogP contribution is 2.32. The molecule has 1 heterocycles. The Kier molecular flexibility index (Phi) is 6.70. The molecule has 4 rings (SSSR count). The molecule has 0 unspecified atom stereocenters. The Morgan fingerprint density at radius 3 is 2.29 bits per heavy atom. The predicted octanol–water partition coefficient (Wildman–Crippen LogP) is 4.14. The molecule has 1 aliphatic heterocycles. The maximum absolute atomic E-state index is 13.3. The minimum atomic E-state index is 0.000927. The summed E-state index contributed by atoms with van der Waals surface area (Å²) in [5.74, 6) is 1.09. The molecule has 0 spiro atoms. The van der Waals surface area contributed by atoms with Gasteiger partial charge >= 0.3 is 0 Å². The van der Waals surface area contributed by atoms with Crippen LogP contribution in [-0.2, 0) is 16.1 Å². The first-order valence-corrected chi connectivity index (χ1v) is 11.1. The lowest BCUT2D eigenvalue weighted by atomic mass is 9.94. The average Bonchev–Trinajstić information content (AvgIpc) is 3.67. The lowest BCUT2D eigenvalue weighted by Gasteiger charge is -2.34. The fourth-order valence-corrected chi connectivity index (χ4v) is 4.12. The molecular formula is C26H30N2O3. The van der Waals surface area contributed by atoms with Gasteiger partial charge in [-0.05, 0) is 55.0 Å². The molecule has 2 aliphatic rings. The standard InChI is InChI=1S/C26H30N2O3/c1-31-24-12-7-21(8-13-24)19-28(23-10-11-23)26(30)22-15-17-27(18-16-22)25(29)14-9-20-5-3-2-4-6-20/h2-9,12-14,22-23H,10-11,15-19H2,1H3/b14-9+. The van der Waals surface area contributed by atoms with Crippen LogP contribution in [0.4, 0.5) is 0 Å². The van der Waals surface area contributed by atoms with Gasteiger partial charge in [0.15, 0.2) is 0 Å². The van der Waals surface area contributed by atoms with Gasteiger partial charge in [-0.15, -0.1) is 0 Å². The van der Waals surface area contributed by atoms with E-state index in [-0.39, 0.29) is 17.7 Å². The maximum Gasteiger partial charge on any atom is 0.246 e. The second-order valence-corrected chi connectivity index (χ2v) is 8.39. The van der Waals surface area contributed by atoms with Crippen molar-refractivity contribution in [1.29, 1.82) is 0 Å². The van der Waals surface area contributed by atoms with E-state index in [0.29, 0.717) is 25.7 Å². The molecule has 31 heavy (non-hydrogen) atoms. The highest BCUT2D eigenvalue weighted by Gasteiger charge is 2.37. The van der Waals surface area contributed by atoms with Crippen LogP contribution >= 0.6 is 0 Å². The molecule has 2 amide bonds. The van der Waals surface area contributed by atoms with Crippen LogP contribution in [0.3, 0.4) is 0 Å². The van der Waals surface area contributed by atoms with Gasteiger partial charge in [0.05, 0.1) is 7.11 Å². The molecule has 5 nitrogen and oxygen atoms in total. The molecular weight excluding hydrogens is 388 g/mol. The van der Waals surface area contributed by atoms with E-state index in [1.165, 1.54) is 0 Å². The van der Waals surface area contributed by atoms with Crippen molar-refractivity contribution in [3.63, 3.8) is 0 Å². The summed E-state index contributed by atoms with van der Waals surface area (Å²) in [5.41, 5.74) is 2.14. The second kappa shape index (κ2) is 9.82. The Morgan fingerprint density at radius 2 is 1.68 bits per heavy atom. The van der Waals surface area contributed by atoms with Crippen LogP contribution in [0.2, 0.25) is 0 Å². The number of hydrogen-bond acceptors (Lipinski definition) is 3. The molecule has 1 aliphatic carbocycles. The summed E-state index contributed by atoms with van der Waals surface area (Å²) in [6.07, 6.45) is 7.12. The number of carbonyl (C=O) groups is 2. The molecule has 0 bridgehead atoms. The normalized spacial score (nSPS) is 17.0. The number of hydrogen-bond donors (Lipinski definition) is 0. The first-order valence-electron chi connectivity index (χ1n) is 11.1. The maximum atomic E-state index is 13.3. The van der Waals surface area contributed by atoms with E-state index >= 15 is 0 Å². The van der Waals surface area contributed by atoms with Gasteiger partial charge in [0.25, 0.3) is 0 Å². The molecule has 0 atom stereocenters. The Hall–Kier alpha value is -3.08. The van der Waals surface area contributed by atoms with E-state index < -0.39 is 0 Å². The molecule has 0 aromatic heterocycles. The predicted molar refractivity (Wildman–Crippen MR) is 121 cm³/mol. The van der Waals surface area contributed by atoms with E-state index in [9.17, 15) is 9.59 Å². The van der Waals surface area contributed by atoms with Crippen molar-refractivity contribution in [3.8, 4) is 5.75 Å². The van der Waals surface area contributed by atoms with Crippen molar-refractivity contribution >= 4 is 17.9 Å². The van der Waals surface area contributed by atoms with E-state index in [2.05, 4.69) is 4.90 Å². The molecule has 1 saturated carbocycles. The van der Waals surface area contributed by atoms with Gasteiger partial charge in [0.2, 0.25) is 11.8 Å². The zero-order chi connectivity index (χ0) is 21.6. The van der Waals surface area contributed by atoms with Crippen LogP contribution in [0.1, 0.15) is 36.8 Å². The van der Waals surface area contributed by atoms with Crippen LogP contribution < -0.4 is 4.74 Å². The Morgan fingerprint density at radius 1 is 1.00 bits per heavy atom. The fourth-order valence-electron chi connectivity index (χ4n) is 4.12. The number of ether oxygens (including phenoxy) is 1. The first-order chi connectivity index (χ1) is 15.1. The molecule has 5 heteroatoms. The minimum absolute atomic E-state index is 0.000927. The molecule has 0 N–H and O–H groups in total.